The molecule has 1 amide bonds. The number of halogens is 1. The van der Waals surface area contributed by atoms with E-state index in [1.165, 1.54) is 0 Å². The quantitative estimate of drug-likeness (QED) is 0.888. The Balaban J connectivity index is 0.00000161. The normalized spacial score (nSPS) is 14.6. The van der Waals surface area contributed by atoms with Gasteiger partial charge >= 0.3 is 0 Å². The van der Waals surface area contributed by atoms with E-state index in [0.717, 1.165) is 30.2 Å². The first-order valence-corrected chi connectivity index (χ1v) is 6.88. The van der Waals surface area contributed by atoms with Gasteiger partial charge in [0.25, 0.3) is 5.91 Å². The summed E-state index contributed by atoms with van der Waals surface area (Å²) in [7, 11) is 0. The minimum atomic E-state index is -0.0816. The Morgan fingerprint density at radius 2 is 2.14 bits per heavy atom. The van der Waals surface area contributed by atoms with Gasteiger partial charge in [0.1, 0.15) is 5.56 Å². The van der Waals surface area contributed by atoms with Crippen LogP contribution >= 0.6 is 12.4 Å². The molecule has 0 aromatic carbocycles. The number of rotatable bonds is 3. The molecule has 0 atom stereocenters. The van der Waals surface area contributed by atoms with E-state index in [1.807, 2.05) is 26.8 Å². The first-order chi connectivity index (χ1) is 9.56. The molecule has 1 aliphatic rings. The average molecular weight is 310 g/mol. The molecule has 21 heavy (non-hydrogen) atoms. The second-order valence-electron chi connectivity index (χ2n) is 5.47. The highest BCUT2D eigenvalue weighted by molar-refractivity contribution is 6.01. The lowest BCUT2D eigenvalue weighted by atomic mass is 10.0. The number of carbonyl (C=O) groups is 1. The average Bonchev–Trinajstić information content (AvgIpc) is 2.63. The summed E-state index contributed by atoms with van der Waals surface area (Å²) in [6.45, 7) is 8.40. The molecule has 0 saturated carbocycles. The second kappa shape index (κ2) is 5.99. The molecule has 7 heteroatoms. The van der Waals surface area contributed by atoms with Crippen LogP contribution in [0.1, 0.15) is 27.4 Å². The monoisotopic (exact) mass is 309 g/mol. The first-order valence-electron chi connectivity index (χ1n) is 6.88. The summed E-state index contributed by atoms with van der Waals surface area (Å²) in [4.78, 5) is 16.8. The van der Waals surface area contributed by atoms with Crippen LogP contribution in [0, 0.1) is 26.7 Å². The van der Waals surface area contributed by atoms with Gasteiger partial charge < -0.3 is 10.6 Å². The van der Waals surface area contributed by atoms with Crippen LogP contribution in [0.15, 0.2) is 6.07 Å². The summed E-state index contributed by atoms with van der Waals surface area (Å²) in [5.41, 5.74) is 3.83. The van der Waals surface area contributed by atoms with Crippen molar-refractivity contribution in [1.29, 1.82) is 0 Å². The maximum atomic E-state index is 12.4. The Bertz CT molecular complexity index is 678. The molecule has 2 aromatic rings. The molecule has 0 radical (unpaired) electrons. The lowest BCUT2D eigenvalue weighted by Gasteiger charge is -2.27. The number of carbonyl (C=O) groups excluding carboxylic acids is 1. The molecule has 0 spiro atoms. The topological polar surface area (TPSA) is 71.3 Å². The summed E-state index contributed by atoms with van der Waals surface area (Å²) in [5, 5.41) is 10.6. The van der Waals surface area contributed by atoms with Crippen LogP contribution < -0.4 is 10.6 Å². The van der Waals surface area contributed by atoms with Gasteiger partial charge in [0.2, 0.25) is 0 Å². The highest BCUT2D eigenvalue weighted by atomic mass is 35.5. The molecule has 114 valence electrons. The molecule has 0 unspecified atom stereocenters. The third kappa shape index (κ3) is 2.87. The molecule has 0 aliphatic carbocycles. The van der Waals surface area contributed by atoms with Crippen molar-refractivity contribution in [1.82, 2.24) is 25.2 Å². The Labute approximate surface area is 129 Å². The highest BCUT2D eigenvalue weighted by Gasteiger charge is 2.22. The van der Waals surface area contributed by atoms with E-state index in [-0.39, 0.29) is 18.3 Å². The predicted molar refractivity (Wildman–Crippen MR) is 83.1 cm³/mol. The Kier molecular flexibility index (Phi) is 4.49. The summed E-state index contributed by atoms with van der Waals surface area (Å²) in [6, 6.07) is 1.96. The molecule has 1 fully saturated rings. The van der Waals surface area contributed by atoms with Crippen molar-refractivity contribution in [3.63, 3.8) is 0 Å². The third-order valence-electron chi connectivity index (χ3n) is 3.71. The van der Waals surface area contributed by atoms with Crippen LogP contribution in [0.3, 0.4) is 0 Å². The molecule has 2 N–H and O–H groups in total. The molecular formula is C14H20ClN5O. The molecule has 2 aromatic heterocycles. The zero-order chi connectivity index (χ0) is 14.3. The van der Waals surface area contributed by atoms with Gasteiger partial charge in [0.05, 0.1) is 5.69 Å². The van der Waals surface area contributed by atoms with Crippen molar-refractivity contribution < 1.29 is 4.79 Å². The molecule has 1 aliphatic heterocycles. The van der Waals surface area contributed by atoms with E-state index < -0.39 is 0 Å². The van der Waals surface area contributed by atoms with Crippen molar-refractivity contribution in [2.75, 3.05) is 19.6 Å². The molecule has 1 saturated heterocycles. The van der Waals surface area contributed by atoms with Gasteiger partial charge in [0.15, 0.2) is 5.65 Å². The van der Waals surface area contributed by atoms with E-state index in [4.69, 9.17) is 0 Å². The number of aromatic nitrogens is 3. The minimum absolute atomic E-state index is 0. The number of fused-ring (bicyclic) bond motifs is 1. The van der Waals surface area contributed by atoms with E-state index in [1.54, 1.807) is 4.52 Å². The van der Waals surface area contributed by atoms with Gasteiger partial charge in [-0.3, -0.25) is 4.79 Å². The molecule has 3 rings (SSSR count). The van der Waals surface area contributed by atoms with Crippen molar-refractivity contribution in [3.8, 4) is 0 Å². The minimum Gasteiger partial charge on any atom is -0.351 e. The highest BCUT2D eigenvalue weighted by Crippen LogP contribution is 2.16. The Morgan fingerprint density at radius 3 is 2.76 bits per heavy atom. The lowest BCUT2D eigenvalue weighted by molar-refractivity contribution is 0.0943. The SMILES string of the molecule is Cc1cc(C)n2nc(C)c(C(=O)NCC3CNC3)c2n1.Cl. The fraction of sp³-hybridized carbons (Fsp3) is 0.500. The van der Waals surface area contributed by atoms with Crippen LogP contribution in [0.25, 0.3) is 5.65 Å². The van der Waals surface area contributed by atoms with Crippen LogP contribution in [-0.2, 0) is 0 Å². The van der Waals surface area contributed by atoms with Gasteiger partial charge in [0, 0.05) is 36.9 Å². The van der Waals surface area contributed by atoms with Crippen LogP contribution in [-0.4, -0.2) is 40.1 Å². The van der Waals surface area contributed by atoms with Crippen molar-refractivity contribution in [2.24, 2.45) is 5.92 Å². The van der Waals surface area contributed by atoms with Crippen LogP contribution in [0.2, 0.25) is 0 Å². The van der Waals surface area contributed by atoms with E-state index in [0.29, 0.717) is 23.7 Å². The number of aryl methyl sites for hydroxylation is 3. The summed E-state index contributed by atoms with van der Waals surface area (Å²) in [6.07, 6.45) is 0. The van der Waals surface area contributed by atoms with Crippen LogP contribution in [0.4, 0.5) is 0 Å². The van der Waals surface area contributed by atoms with Gasteiger partial charge in [-0.25, -0.2) is 9.50 Å². The Morgan fingerprint density at radius 1 is 1.43 bits per heavy atom. The fourth-order valence-electron chi connectivity index (χ4n) is 2.51. The largest absolute Gasteiger partial charge is 0.351 e. The van der Waals surface area contributed by atoms with Gasteiger partial charge in [-0.15, -0.1) is 12.4 Å². The summed E-state index contributed by atoms with van der Waals surface area (Å²) >= 11 is 0. The number of nitrogens with zero attached hydrogens (tertiary/aromatic N) is 3. The van der Waals surface area contributed by atoms with Crippen molar-refractivity contribution in [3.05, 3.63) is 28.7 Å². The number of nitrogens with one attached hydrogen (secondary N) is 2. The standard InChI is InChI=1S/C14H19N5O.ClH/c1-8-4-9(2)19-13(17-8)12(10(3)18-19)14(20)16-7-11-5-15-6-11;/h4,11,15H,5-7H2,1-3H3,(H,16,20);1H. The third-order valence-corrected chi connectivity index (χ3v) is 3.71. The summed E-state index contributed by atoms with van der Waals surface area (Å²) < 4.78 is 1.74. The number of hydrogen-bond donors (Lipinski definition) is 2. The van der Waals surface area contributed by atoms with Crippen molar-refractivity contribution in [2.45, 2.75) is 20.8 Å². The molecule has 3 heterocycles. The van der Waals surface area contributed by atoms with Crippen molar-refractivity contribution >= 4 is 24.0 Å². The zero-order valence-electron chi connectivity index (χ0n) is 12.4. The van der Waals surface area contributed by atoms with E-state index in [2.05, 4.69) is 20.7 Å². The van der Waals surface area contributed by atoms with Gasteiger partial charge in [-0.1, -0.05) is 0 Å². The second-order valence-corrected chi connectivity index (χ2v) is 5.47. The van der Waals surface area contributed by atoms with Gasteiger partial charge in [-0.05, 0) is 26.8 Å². The Hall–Kier alpha value is -1.66. The number of hydrogen-bond acceptors (Lipinski definition) is 4. The predicted octanol–water partition coefficient (Wildman–Crippen LogP) is 1.03. The smallest absolute Gasteiger partial charge is 0.257 e. The molecule has 0 bridgehead atoms. The molecule has 6 nitrogen and oxygen atoms in total. The van der Waals surface area contributed by atoms with E-state index in [9.17, 15) is 4.79 Å². The maximum absolute atomic E-state index is 12.4. The summed E-state index contributed by atoms with van der Waals surface area (Å²) in [5.74, 6) is 0.458. The number of amides is 1. The van der Waals surface area contributed by atoms with Crippen LogP contribution in [0.5, 0.6) is 0 Å². The fourth-order valence-corrected chi connectivity index (χ4v) is 2.51. The first kappa shape index (κ1) is 15.7. The zero-order valence-corrected chi connectivity index (χ0v) is 13.3. The lowest BCUT2D eigenvalue weighted by Crippen LogP contribution is -2.48. The van der Waals surface area contributed by atoms with Gasteiger partial charge in [-0.2, -0.15) is 5.10 Å². The maximum Gasteiger partial charge on any atom is 0.257 e. The van der Waals surface area contributed by atoms with E-state index >= 15 is 0 Å². The molecular weight excluding hydrogens is 290 g/mol.